The van der Waals surface area contributed by atoms with E-state index in [0.29, 0.717) is 11.3 Å². The van der Waals surface area contributed by atoms with Crippen LogP contribution in [0.4, 0.5) is 0 Å². The maximum atomic E-state index is 13.3. The molecule has 2 heterocycles. The number of fused-ring (bicyclic) bond motifs is 1. The summed E-state index contributed by atoms with van der Waals surface area (Å²) in [6.45, 7) is -0.0883. The fourth-order valence-corrected chi connectivity index (χ4v) is 4.73. The predicted octanol–water partition coefficient (Wildman–Crippen LogP) is 1.76. The molecule has 0 radical (unpaired) electrons. The predicted molar refractivity (Wildman–Crippen MR) is 118 cm³/mol. The molecule has 0 saturated heterocycles. The Kier molecular flexibility index (Phi) is 5.78. The van der Waals surface area contributed by atoms with Crippen LogP contribution in [0.2, 0.25) is 0 Å². The average Bonchev–Trinajstić information content (AvgIpc) is 3.10. The quantitative estimate of drug-likeness (QED) is 0.457. The molecule has 10 heteroatoms. The van der Waals surface area contributed by atoms with Gasteiger partial charge in [-0.05, 0) is 48.0 Å². The molecule has 0 bridgehead atoms. The molecule has 2 aromatic carbocycles. The molecule has 1 amide bonds. The molecule has 0 aliphatic heterocycles. The van der Waals surface area contributed by atoms with Gasteiger partial charge in [-0.2, -0.15) is 3.97 Å². The molecule has 0 aliphatic carbocycles. The molecule has 164 valence electrons. The van der Waals surface area contributed by atoms with Crippen molar-refractivity contribution < 1.29 is 17.9 Å². The highest BCUT2D eigenvalue weighted by Gasteiger charge is 2.26. The summed E-state index contributed by atoms with van der Waals surface area (Å²) < 4.78 is 33.5. The number of nitrogens with zero attached hydrogens (tertiary/aromatic N) is 3. The van der Waals surface area contributed by atoms with Gasteiger partial charge in [-0.25, -0.2) is 13.2 Å². The van der Waals surface area contributed by atoms with Crippen LogP contribution in [-0.4, -0.2) is 35.0 Å². The molecule has 1 N–H and O–H groups in total. The number of aromatic nitrogens is 3. The lowest BCUT2D eigenvalue weighted by atomic mass is 10.3. The van der Waals surface area contributed by atoms with Crippen LogP contribution >= 0.6 is 0 Å². The first-order valence-electron chi connectivity index (χ1n) is 9.67. The molecule has 32 heavy (non-hydrogen) atoms. The van der Waals surface area contributed by atoms with Gasteiger partial charge in [-0.15, -0.1) is 0 Å². The molecule has 2 aromatic heterocycles. The van der Waals surface area contributed by atoms with E-state index in [1.165, 1.54) is 37.4 Å². The molecule has 0 atom stereocenters. The van der Waals surface area contributed by atoms with Crippen LogP contribution in [0.3, 0.4) is 0 Å². The Hall–Kier alpha value is -3.92. The second-order valence-corrected chi connectivity index (χ2v) is 8.73. The number of benzene rings is 2. The number of ether oxygens (including phenoxy) is 1. The standard InChI is InChI=1S/C22H20N4O5S/c1-31-17-8-10-18(11-9-17)32(29,30)26-20-7-3-2-6-19(20)25(22(26)28)15-21(27)24-14-16-5-4-12-23-13-16/h2-13H,14-15H2,1H3,(H,24,27). The zero-order chi connectivity index (χ0) is 22.7. The Morgan fingerprint density at radius 3 is 2.41 bits per heavy atom. The minimum Gasteiger partial charge on any atom is -0.497 e. The number of amides is 1. The van der Waals surface area contributed by atoms with Gasteiger partial charge in [0.2, 0.25) is 5.91 Å². The van der Waals surface area contributed by atoms with Gasteiger partial charge in [-0.1, -0.05) is 18.2 Å². The van der Waals surface area contributed by atoms with Crippen LogP contribution in [0.1, 0.15) is 5.56 Å². The molecule has 0 spiro atoms. The molecule has 0 fully saturated rings. The van der Waals surface area contributed by atoms with Crippen molar-refractivity contribution in [2.24, 2.45) is 0 Å². The average molecular weight is 452 g/mol. The van der Waals surface area contributed by atoms with Crippen LogP contribution < -0.4 is 15.7 Å². The van der Waals surface area contributed by atoms with Gasteiger partial charge in [-0.3, -0.25) is 14.3 Å². The first-order valence-corrected chi connectivity index (χ1v) is 11.1. The zero-order valence-electron chi connectivity index (χ0n) is 17.1. The molecule has 0 unspecified atom stereocenters. The number of rotatable bonds is 7. The summed E-state index contributed by atoms with van der Waals surface area (Å²) in [6, 6.07) is 15.8. The molecular weight excluding hydrogens is 432 g/mol. The van der Waals surface area contributed by atoms with Crippen molar-refractivity contribution in [3.05, 3.63) is 89.1 Å². The third-order valence-electron chi connectivity index (χ3n) is 4.91. The number of nitrogens with one attached hydrogen (secondary N) is 1. The van der Waals surface area contributed by atoms with Gasteiger partial charge >= 0.3 is 5.69 Å². The van der Waals surface area contributed by atoms with Crippen molar-refractivity contribution >= 4 is 27.0 Å². The van der Waals surface area contributed by atoms with Gasteiger partial charge in [0.25, 0.3) is 10.0 Å². The molecule has 0 aliphatic rings. The van der Waals surface area contributed by atoms with Crippen LogP contribution in [-0.2, 0) is 27.9 Å². The van der Waals surface area contributed by atoms with Crippen LogP contribution in [0.25, 0.3) is 11.0 Å². The highest BCUT2D eigenvalue weighted by Crippen LogP contribution is 2.21. The smallest absolute Gasteiger partial charge is 0.343 e. The Labute approximate surface area is 184 Å². The zero-order valence-corrected chi connectivity index (χ0v) is 18.0. The summed E-state index contributed by atoms with van der Waals surface area (Å²) in [5, 5.41) is 2.72. The number of para-hydroxylation sites is 2. The number of imidazole rings is 1. The van der Waals surface area contributed by atoms with Crippen molar-refractivity contribution in [1.29, 1.82) is 0 Å². The van der Waals surface area contributed by atoms with Crippen molar-refractivity contribution in [3.8, 4) is 5.75 Å². The number of carbonyl (C=O) groups is 1. The van der Waals surface area contributed by atoms with E-state index in [0.717, 1.165) is 14.1 Å². The van der Waals surface area contributed by atoms with Crippen LogP contribution in [0, 0.1) is 0 Å². The van der Waals surface area contributed by atoms with E-state index in [2.05, 4.69) is 10.3 Å². The van der Waals surface area contributed by atoms with Crippen molar-refractivity contribution in [3.63, 3.8) is 0 Å². The molecule has 0 saturated carbocycles. The van der Waals surface area contributed by atoms with Gasteiger partial charge < -0.3 is 10.1 Å². The van der Waals surface area contributed by atoms with E-state index in [1.807, 2.05) is 6.07 Å². The monoisotopic (exact) mass is 452 g/mol. The SMILES string of the molecule is COc1ccc(S(=O)(=O)n2c(=O)n(CC(=O)NCc3cccnc3)c3ccccc32)cc1. The lowest BCUT2D eigenvalue weighted by molar-refractivity contribution is -0.121. The Morgan fingerprint density at radius 2 is 1.75 bits per heavy atom. The van der Waals surface area contributed by atoms with Crippen molar-refractivity contribution in [2.45, 2.75) is 18.0 Å². The van der Waals surface area contributed by atoms with Gasteiger partial charge in [0.05, 0.1) is 23.0 Å². The third kappa shape index (κ3) is 4.00. The second-order valence-electron chi connectivity index (χ2n) is 6.94. The van der Waals surface area contributed by atoms with Crippen LogP contribution in [0.15, 0.2) is 82.7 Å². The Balaban J connectivity index is 1.70. The van der Waals surface area contributed by atoms with E-state index in [9.17, 15) is 18.0 Å². The number of carbonyl (C=O) groups excluding carboxylic acids is 1. The maximum Gasteiger partial charge on any atom is 0.343 e. The summed E-state index contributed by atoms with van der Waals surface area (Å²) in [5.74, 6) is 0.0599. The van der Waals surface area contributed by atoms with Crippen molar-refractivity contribution in [2.75, 3.05) is 7.11 Å². The largest absolute Gasteiger partial charge is 0.497 e. The van der Waals surface area contributed by atoms with E-state index >= 15 is 0 Å². The normalized spacial score (nSPS) is 11.4. The molecular formula is C22H20N4O5S. The van der Waals surface area contributed by atoms with Gasteiger partial charge in [0.1, 0.15) is 12.3 Å². The van der Waals surface area contributed by atoms with Crippen LogP contribution in [0.5, 0.6) is 5.75 Å². The highest BCUT2D eigenvalue weighted by atomic mass is 32.2. The van der Waals surface area contributed by atoms with E-state index in [4.69, 9.17) is 4.74 Å². The Bertz CT molecular complexity index is 1420. The number of methoxy groups -OCH3 is 1. The van der Waals surface area contributed by atoms with E-state index in [1.54, 1.807) is 36.7 Å². The Morgan fingerprint density at radius 1 is 1.03 bits per heavy atom. The lowest BCUT2D eigenvalue weighted by Gasteiger charge is -2.07. The second kappa shape index (κ2) is 8.67. The maximum absolute atomic E-state index is 13.3. The minimum absolute atomic E-state index is 0.0654. The van der Waals surface area contributed by atoms with E-state index in [-0.39, 0.29) is 23.5 Å². The molecule has 4 aromatic rings. The third-order valence-corrected chi connectivity index (χ3v) is 6.61. The summed E-state index contributed by atoms with van der Waals surface area (Å²) in [6.07, 6.45) is 3.25. The first kappa shape index (κ1) is 21.3. The summed E-state index contributed by atoms with van der Waals surface area (Å²) in [7, 11) is -2.73. The number of hydrogen-bond acceptors (Lipinski definition) is 6. The fraction of sp³-hybridized carbons (Fsp3) is 0.136. The lowest BCUT2D eigenvalue weighted by Crippen LogP contribution is -2.34. The molecule has 4 rings (SSSR count). The summed E-state index contributed by atoms with van der Waals surface area (Å²) >= 11 is 0. The highest BCUT2D eigenvalue weighted by molar-refractivity contribution is 7.90. The summed E-state index contributed by atoms with van der Waals surface area (Å²) in [4.78, 5) is 29.6. The van der Waals surface area contributed by atoms with Gasteiger partial charge in [0, 0.05) is 18.9 Å². The van der Waals surface area contributed by atoms with Gasteiger partial charge in [0.15, 0.2) is 0 Å². The minimum atomic E-state index is -4.20. The number of hydrogen-bond donors (Lipinski definition) is 1. The van der Waals surface area contributed by atoms with Crippen molar-refractivity contribution in [1.82, 2.24) is 18.8 Å². The van der Waals surface area contributed by atoms with E-state index < -0.39 is 21.6 Å². The molecule has 9 nitrogen and oxygen atoms in total. The fourth-order valence-electron chi connectivity index (χ4n) is 3.32. The summed E-state index contributed by atoms with van der Waals surface area (Å²) in [5.41, 5.74) is 0.510. The topological polar surface area (TPSA) is 112 Å². The number of pyridine rings is 1. The first-order chi connectivity index (χ1) is 15.4.